The molecule has 0 atom stereocenters. The van der Waals surface area contributed by atoms with Crippen LogP contribution in [0.3, 0.4) is 0 Å². The number of anilines is 1. The van der Waals surface area contributed by atoms with Crippen molar-refractivity contribution in [2.75, 3.05) is 5.32 Å². The van der Waals surface area contributed by atoms with Crippen molar-refractivity contribution in [2.45, 2.75) is 20.4 Å². The maximum atomic E-state index is 5.25. The molecule has 0 saturated heterocycles. The van der Waals surface area contributed by atoms with Crippen LogP contribution in [-0.4, -0.2) is 15.1 Å². The summed E-state index contributed by atoms with van der Waals surface area (Å²) in [6.07, 6.45) is 3.68. The Hall–Kier alpha value is -2.69. The second-order valence-corrected chi connectivity index (χ2v) is 4.85. The first-order valence-electron chi connectivity index (χ1n) is 6.77. The molecule has 0 unspecified atom stereocenters. The lowest BCUT2D eigenvalue weighted by Gasteiger charge is -2.10. The van der Waals surface area contributed by atoms with Gasteiger partial charge in [0.05, 0.1) is 5.56 Å². The molecular formula is C16H16N4O. The molecule has 106 valence electrons. The highest BCUT2D eigenvalue weighted by atomic mass is 16.5. The van der Waals surface area contributed by atoms with E-state index in [0.29, 0.717) is 18.3 Å². The summed E-state index contributed by atoms with van der Waals surface area (Å²) in [6, 6.07) is 9.90. The minimum Gasteiger partial charge on any atom is -0.380 e. The summed E-state index contributed by atoms with van der Waals surface area (Å²) in [6.45, 7) is 4.58. The molecule has 0 amide bonds. The van der Waals surface area contributed by atoms with Crippen LogP contribution in [0, 0.1) is 13.8 Å². The number of benzene rings is 1. The number of aryl methyl sites for hydroxylation is 2. The molecule has 0 spiro atoms. The van der Waals surface area contributed by atoms with Gasteiger partial charge in [0.2, 0.25) is 0 Å². The molecule has 0 aliphatic carbocycles. The number of pyridine rings is 1. The minimum atomic E-state index is 0.526. The Bertz CT molecular complexity index is 751. The first-order valence-corrected chi connectivity index (χ1v) is 6.77. The van der Waals surface area contributed by atoms with Crippen molar-refractivity contribution in [1.29, 1.82) is 0 Å². The van der Waals surface area contributed by atoms with Crippen molar-refractivity contribution >= 4 is 5.69 Å². The summed E-state index contributed by atoms with van der Waals surface area (Å²) in [7, 11) is 0. The Kier molecular flexibility index (Phi) is 3.64. The molecule has 0 radical (unpaired) electrons. The predicted molar refractivity (Wildman–Crippen MR) is 80.8 cm³/mol. The number of rotatable bonds is 4. The Morgan fingerprint density at radius 1 is 1.14 bits per heavy atom. The lowest BCUT2D eigenvalue weighted by atomic mass is 10.1. The van der Waals surface area contributed by atoms with Gasteiger partial charge in [-0.2, -0.15) is 4.98 Å². The summed E-state index contributed by atoms with van der Waals surface area (Å²) >= 11 is 0. The molecule has 0 saturated carbocycles. The van der Waals surface area contributed by atoms with Gasteiger partial charge in [-0.3, -0.25) is 4.98 Å². The van der Waals surface area contributed by atoms with Gasteiger partial charge in [-0.25, -0.2) is 0 Å². The fourth-order valence-corrected chi connectivity index (χ4v) is 2.10. The zero-order valence-corrected chi connectivity index (χ0v) is 12.0. The molecule has 0 bridgehead atoms. The molecule has 1 aromatic carbocycles. The molecule has 5 heteroatoms. The monoisotopic (exact) mass is 280 g/mol. The van der Waals surface area contributed by atoms with E-state index in [1.807, 2.05) is 43.5 Å². The van der Waals surface area contributed by atoms with Gasteiger partial charge in [0.25, 0.3) is 5.89 Å². The average Bonchev–Trinajstić information content (AvgIpc) is 2.93. The number of para-hydroxylation sites is 1. The highest BCUT2D eigenvalue weighted by Crippen LogP contribution is 2.26. The Morgan fingerprint density at radius 3 is 2.76 bits per heavy atom. The van der Waals surface area contributed by atoms with Gasteiger partial charge < -0.3 is 9.84 Å². The lowest BCUT2D eigenvalue weighted by molar-refractivity contribution is 0.426. The van der Waals surface area contributed by atoms with Crippen LogP contribution in [-0.2, 0) is 6.54 Å². The van der Waals surface area contributed by atoms with Crippen molar-refractivity contribution in [3.63, 3.8) is 0 Å². The summed E-state index contributed by atoms with van der Waals surface area (Å²) in [5, 5.41) is 7.25. The SMILES string of the molecule is Cc1noc(-c2ccccc2NCc2cnccc2C)n1. The van der Waals surface area contributed by atoms with Crippen molar-refractivity contribution in [1.82, 2.24) is 15.1 Å². The smallest absolute Gasteiger partial charge is 0.260 e. The van der Waals surface area contributed by atoms with Crippen molar-refractivity contribution in [3.05, 3.63) is 59.7 Å². The van der Waals surface area contributed by atoms with Crippen molar-refractivity contribution in [3.8, 4) is 11.5 Å². The van der Waals surface area contributed by atoms with E-state index >= 15 is 0 Å². The molecule has 5 nitrogen and oxygen atoms in total. The van der Waals surface area contributed by atoms with E-state index in [2.05, 4.69) is 27.4 Å². The molecule has 1 N–H and O–H groups in total. The second kappa shape index (κ2) is 5.75. The van der Waals surface area contributed by atoms with Gasteiger partial charge in [-0.05, 0) is 43.2 Å². The highest BCUT2D eigenvalue weighted by Gasteiger charge is 2.11. The molecule has 0 fully saturated rings. The van der Waals surface area contributed by atoms with E-state index in [9.17, 15) is 0 Å². The summed E-state index contributed by atoms with van der Waals surface area (Å²) in [5.41, 5.74) is 4.24. The number of nitrogens with one attached hydrogen (secondary N) is 1. The first kappa shape index (κ1) is 13.3. The summed E-state index contributed by atoms with van der Waals surface area (Å²) < 4.78 is 5.25. The van der Waals surface area contributed by atoms with Gasteiger partial charge in [-0.1, -0.05) is 17.3 Å². The normalized spacial score (nSPS) is 10.6. The molecule has 21 heavy (non-hydrogen) atoms. The topological polar surface area (TPSA) is 63.8 Å². The molecule has 3 rings (SSSR count). The van der Waals surface area contributed by atoms with Crippen LogP contribution in [0.25, 0.3) is 11.5 Å². The Balaban J connectivity index is 1.85. The number of nitrogens with zero attached hydrogens (tertiary/aromatic N) is 3. The van der Waals surface area contributed by atoms with Gasteiger partial charge in [0.15, 0.2) is 5.82 Å². The van der Waals surface area contributed by atoms with Crippen LogP contribution in [0.5, 0.6) is 0 Å². The van der Waals surface area contributed by atoms with Gasteiger partial charge in [-0.15, -0.1) is 0 Å². The van der Waals surface area contributed by atoms with E-state index in [-0.39, 0.29) is 0 Å². The van der Waals surface area contributed by atoms with E-state index in [0.717, 1.165) is 16.8 Å². The molecule has 2 aromatic heterocycles. The molecule has 3 aromatic rings. The quantitative estimate of drug-likeness (QED) is 0.794. The second-order valence-electron chi connectivity index (χ2n) is 4.85. The fraction of sp³-hybridized carbons (Fsp3) is 0.188. The van der Waals surface area contributed by atoms with Crippen LogP contribution in [0.2, 0.25) is 0 Å². The third-order valence-electron chi connectivity index (χ3n) is 3.30. The Morgan fingerprint density at radius 2 is 2.00 bits per heavy atom. The Labute approximate surface area is 123 Å². The lowest BCUT2D eigenvalue weighted by Crippen LogP contribution is -2.03. The van der Waals surface area contributed by atoms with Crippen molar-refractivity contribution < 1.29 is 4.52 Å². The first-order chi connectivity index (χ1) is 10.2. The summed E-state index contributed by atoms with van der Waals surface area (Å²) in [5.74, 6) is 1.15. The predicted octanol–water partition coefficient (Wildman–Crippen LogP) is 3.36. The van der Waals surface area contributed by atoms with Crippen LogP contribution >= 0.6 is 0 Å². The minimum absolute atomic E-state index is 0.526. The number of hydrogen-bond donors (Lipinski definition) is 1. The van der Waals surface area contributed by atoms with Crippen LogP contribution < -0.4 is 5.32 Å². The van der Waals surface area contributed by atoms with E-state index < -0.39 is 0 Å². The van der Waals surface area contributed by atoms with Gasteiger partial charge in [0, 0.05) is 24.6 Å². The zero-order valence-electron chi connectivity index (χ0n) is 12.0. The zero-order chi connectivity index (χ0) is 14.7. The van der Waals surface area contributed by atoms with Crippen LogP contribution in [0.4, 0.5) is 5.69 Å². The van der Waals surface area contributed by atoms with Crippen molar-refractivity contribution in [2.24, 2.45) is 0 Å². The highest BCUT2D eigenvalue weighted by molar-refractivity contribution is 5.72. The summed E-state index contributed by atoms with van der Waals surface area (Å²) in [4.78, 5) is 8.44. The molecule has 0 aliphatic rings. The third kappa shape index (κ3) is 2.91. The number of aromatic nitrogens is 3. The fourth-order valence-electron chi connectivity index (χ4n) is 2.10. The largest absolute Gasteiger partial charge is 0.380 e. The van der Waals surface area contributed by atoms with E-state index in [1.54, 1.807) is 6.20 Å². The standard InChI is InChI=1S/C16H16N4O/c1-11-7-8-17-9-13(11)10-18-15-6-4-3-5-14(15)16-19-12(2)20-21-16/h3-9,18H,10H2,1-2H3. The maximum Gasteiger partial charge on any atom is 0.260 e. The molecule has 0 aliphatic heterocycles. The molecule has 2 heterocycles. The van der Waals surface area contributed by atoms with Gasteiger partial charge >= 0.3 is 0 Å². The van der Waals surface area contributed by atoms with E-state index in [4.69, 9.17) is 4.52 Å². The van der Waals surface area contributed by atoms with Gasteiger partial charge in [0.1, 0.15) is 0 Å². The maximum absolute atomic E-state index is 5.25. The van der Waals surface area contributed by atoms with E-state index in [1.165, 1.54) is 5.56 Å². The van der Waals surface area contributed by atoms with Crippen LogP contribution in [0.15, 0.2) is 47.2 Å². The third-order valence-corrected chi connectivity index (χ3v) is 3.30. The molecular weight excluding hydrogens is 264 g/mol. The average molecular weight is 280 g/mol. The number of hydrogen-bond acceptors (Lipinski definition) is 5. The van der Waals surface area contributed by atoms with Crippen LogP contribution in [0.1, 0.15) is 17.0 Å².